The Morgan fingerprint density at radius 2 is 1.94 bits per heavy atom. The largest absolute Gasteiger partial charge is 0.326 e. The molecule has 2 nitrogen and oxygen atoms in total. The Bertz CT molecular complexity index is 345. The Labute approximate surface area is 105 Å². The molecule has 2 N–H and O–H groups in total. The van der Waals surface area contributed by atoms with Gasteiger partial charge >= 0.3 is 0 Å². The van der Waals surface area contributed by atoms with Crippen molar-refractivity contribution in [1.82, 2.24) is 4.90 Å². The topological polar surface area (TPSA) is 29.3 Å². The highest BCUT2D eigenvalue weighted by atomic mass is 15.1. The number of hydrogen-bond acceptors (Lipinski definition) is 2. The van der Waals surface area contributed by atoms with Crippen molar-refractivity contribution in [3.05, 3.63) is 35.4 Å². The minimum Gasteiger partial charge on any atom is -0.326 e. The smallest absolute Gasteiger partial charge is 0.0180 e. The van der Waals surface area contributed by atoms with Crippen LogP contribution in [0.25, 0.3) is 0 Å². The number of nitrogens with two attached hydrogens (primary N) is 1. The van der Waals surface area contributed by atoms with E-state index >= 15 is 0 Å². The lowest BCUT2D eigenvalue weighted by atomic mass is 10.0. The van der Waals surface area contributed by atoms with Gasteiger partial charge in [-0.1, -0.05) is 31.2 Å². The molecule has 1 fully saturated rings. The normalized spacial score (nSPS) is 15.5. The average molecular weight is 232 g/mol. The molecule has 1 aliphatic rings. The zero-order valence-electron chi connectivity index (χ0n) is 10.9. The van der Waals surface area contributed by atoms with Gasteiger partial charge in [-0.3, -0.25) is 0 Å². The standard InChI is InChI=1S/C15H24N2/c1-2-17(12-13-7-8-13)10-9-14-5-3-4-6-15(14)11-16/h3-6,13H,2,7-12,16H2,1H3. The second kappa shape index (κ2) is 6.18. The van der Waals surface area contributed by atoms with E-state index in [1.807, 2.05) is 0 Å². The van der Waals surface area contributed by atoms with Crippen molar-refractivity contribution in [2.75, 3.05) is 19.6 Å². The molecule has 1 aliphatic carbocycles. The summed E-state index contributed by atoms with van der Waals surface area (Å²) in [7, 11) is 0. The summed E-state index contributed by atoms with van der Waals surface area (Å²) in [6.07, 6.45) is 4.01. The summed E-state index contributed by atoms with van der Waals surface area (Å²) in [4.78, 5) is 2.57. The lowest BCUT2D eigenvalue weighted by molar-refractivity contribution is 0.280. The van der Waals surface area contributed by atoms with Crippen molar-refractivity contribution in [3.8, 4) is 0 Å². The molecule has 0 atom stereocenters. The molecule has 2 heteroatoms. The lowest BCUT2D eigenvalue weighted by Crippen LogP contribution is -2.28. The van der Waals surface area contributed by atoms with Crippen molar-refractivity contribution in [2.24, 2.45) is 11.7 Å². The molecule has 94 valence electrons. The van der Waals surface area contributed by atoms with Crippen molar-refractivity contribution >= 4 is 0 Å². The Morgan fingerprint density at radius 3 is 2.53 bits per heavy atom. The molecular weight excluding hydrogens is 208 g/mol. The number of likely N-dealkylation sites (N-methyl/N-ethyl adjacent to an activating group) is 1. The Kier molecular flexibility index (Phi) is 4.57. The number of benzene rings is 1. The van der Waals surface area contributed by atoms with Gasteiger partial charge in [-0.05, 0) is 42.9 Å². The van der Waals surface area contributed by atoms with Gasteiger partial charge in [-0.2, -0.15) is 0 Å². The molecule has 1 saturated carbocycles. The van der Waals surface area contributed by atoms with Crippen LogP contribution in [0.3, 0.4) is 0 Å². The summed E-state index contributed by atoms with van der Waals surface area (Å²) in [6, 6.07) is 8.55. The zero-order valence-corrected chi connectivity index (χ0v) is 10.9. The summed E-state index contributed by atoms with van der Waals surface area (Å²) in [6.45, 7) is 6.55. The van der Waals surface area contributed by atoms with Crippen LogP contribution in [0.1, 0.15) is 30.9 Å². The third kappa shape index (κ3) is 3.83. The molecule has 0 amide bonds. The predicted octanol–water partition coefficient (Wildman–Crippen LogP) is 2.42. The number of rotatable bonds is 7. The molecule has 1 aromatic carbocycles. The van der Waals surface area contributed by atoms with E-state index in [9.17, 15) is 0 Å². The monoisotopic (exact) mass is 232 g/mol. The van der Waals surface area contributed by atoms with Gasteiger partial charge in [0.15, 0.2) is 0 Å². The van der Waals surface area contributed by atoms with Gasteiger partial charge in [-0.25, -0.2) is 0 Å². The van der Waals surface area contributed by atoms with Crippen LogP contribution in [0.5, 0.6) is 0 Å². The van der Waals surface area contributed by atoms with Crippen LogP contribution in [0.15, 0.2) is 24.3 Å². The van der Waals surface area contributed by atoms with E-state index in [-0.39, 0.29) is 0 Å². The SMILES string of the molecule is CCN(CCc1ccccc1CN)CC1CC1. The molecule has 0 aliphatic heterocycles. The minimum atomic E-state index is 0.658. The summed E-state index contributed by atoms with van der Waals surface area (Å²) in [5.74, 6) is 0.986. The van der Waals surface area contributed by atoms with Crippen LogP contribution in [0.4, 0.5) is 0 Å². The molecule has 0 heterocycles. The molecule has 2 rings (SSSR count). The Hall–Kier alpha value is -0.860. The number of hydrogen-bond donors (Lipinski definition) is 1. The molecular formula is C15H24N2. The third-order valence-corrected chi connectivity index (χ3v) is 3.70. The van der Waals surface area contributed by atoms with Gasteiger partial charge in [0.25, 0.3) is 0 Å². The van der Waals surface area contributed by atoms with Crippen molar-refractivity contribution in [3.63, 3.8) is 0 Å². The van der Waals surface area contributed by atoms with E-state index in [0.717, 1.165) is 12.3 Å². The van der Waals surface area contributed by atoms with Crippen molar-refractivity contribution < 1.29 is 0 Å². The molecule has 0 unspecified atom stereocenters. The van der Waals surface area contributed by atoms with Crippen molar-refractivity contribution in [1.29, 1.82) is 0 Å². The van der Waals surface area contributed by atoms with E-state index in [0.29, 0.717) is 6.54 Å². The molecule has 0 spiro atoms. The first-order valence-corrected chi connectivity index (χ1v) is 6.82. The molecule has 0 aromatic heterocycles. The van der Waals surface area contributed by atoms with Gasteiger partial charge in [0, 0.05) is 19.6 Å². The van der Waals surface area contributed by atoms with E-state index < -0.39 is 0 Å². The minimum absolute atomic E-state index is 0.658. The second-order valence-corrected chi connectivity index (χ2v) is 5.06. The van der Waals surface area contributed by atoms with Crippen LogP contribution >= 0.6 is 0 Å². The Morgan fingerprint density at radius 1 is 1.24 bits per heavy atom. The van der Waals surface area contributed by atoms with Crippen LogP contribution in [0, 0.1) is 5.92 Å². The maximum atomic E-state index is 5.77. The molecule has 0 bridgehead atoms. The van der Waals surface area contributed by atoms with Crippen LogP contribution in [0.2, 0.25) is 0 Å². The van der Waals surface area contributed by atoms with E-state index in [1.165, 1.54) is 43.6 Å². The first kappa shape index (κ1) is 12.6. The fraction of sp³-hybridized carbons (Fsp3) is 0.600. The first-order chi connectivity index (χ1) is 8.33. The highest BCUT2D eigenvalue weighted by Gasteiger charge is 2.23. The van der Waals surface area contributed by atoms with E-state index in [1.54, 1.807) is 0 Å². The summed E-state index contributed by atoms with van der Waals surface area (Å²) in [5, 5.41) is 0. The fourth-order valence-electron chi connectivity index (χ4n) is 2.32. The second-order valence-electron chi connectivity index (χ2n) is 5.06. The highest BCUT2D eigenvalue weighted by molar-refractivity contribution is 5.27. The van der Waals surface area contributed by atoms with Gasteiger partial charge in [0.1, 0.15) is 0 Å². The van der Waals surface area contributed by atoms with Gasteiger partial charge in [-0.15, -0.1) is 0 Å². The van der Waals surface area contributed by atoms with Crippen molar-refractivity contribution in [2.45, 2.75) is 32.7 Å². The zero-order chi connectivity index (χ0) is 12.1. The molecule has 17 heavy (non-hydrogen) atoms. The summed E-state index contributed by atoms with van der Waals surface area (Å²) < 4.78 is 0. The van der Waals surface area contributed by atoms with Crippen LogP contribution in [-0.4, -0.2) is 24.5 Å². The van der Waals surface area contributed by atoms with E-state index in [4.69, 9.17) is 5.73 Å². The maximum absolute atomic E-state index is 5.77. The van der Waals surface area contributed by atoms with Gasteiger partial charge in [0.05, 0.1) is 0 Å². The summed E-state index contributed by atoms with van der Waals surface area (Å²) >= 11 is 0. The van der Waals surface area contributed by atoms with Gasteiger partial charge in [0.2, 0.25) is 0 Å². The molecule has 0 radical (unpaired) electrons. The Balaban J connectivity index is 1.86. The van der Waals surface area contributed by atoms with Crippen LogP contribution in [-0.2, 0) is 13.0 Å². The maximum Gasteiger partial charge on any atom is 0.0180 e. The summed E-state index contributed by atoms with van der Waals surface area (Å²) in [5.41, 5.74) is 8.49. The lowest BCUT2D eigenvalue weighted by Gasteiger charge is -2.20. The first-order valence-electron chi connectivity index (χ1n) is 6.82. The predicted molar refractivity (Wildman–Crippen MR) is 72.9 cm³/mol. The highest BCUT2D eigenvalue weighted by Crippen LogP contribution is 2.29. The third-order valence-electron chi connectivity index (χ3n) is 3.70. The average Bonchev–Trinajstić information content (AvgIpc) is 3.18. The fourth-order valence-corrected chi connectivity index (χ4v) is 2.32. The molecule has 0 saturated heterocycles. The van der Waals surface area contributed by atoms with Crippen LogP contribution < -0.4 is 5.73 Å². The van der Waals surface area contributed by atoms with E-state index in [2.05, 4.69) is 36.1 Å². The molecule has 1 aromatic rings. The number of nitrogens with zero attached hydrogens (tertiary/aromatic N) is 1. The van der Waals surface area contributed by atoms with Gasteiger partial charge < -0.3 is 10.6 Å². The quantitative estimate of drug-likeness (QED) is 0.782.